The molecule has 0 aliphatic carbocycles. The largest absolute Gasteiger partial charge is 0.325 e. The lowest BCUT2D eigenvalue weighted by Gasteiger charge is -2.18. The molecule has 0 radical (unpaired) electrons. The molecule has 1 rings (SSSR count). The Morgan fingerprint density at radius 2 is 1.74 bits per heavy atom. The van der Waals surface area contributed by atoms with E-state index in [-0.39, 0.29) is 24.2 Å². The fourth-order valence-corrected chi connectivity index (χ4v) is 1.69. The van der Waals surface area contributed by atoms with Crippen molar-refractivity contribution >= 4 is 24.0 Å². The molecule has 1 aromatic rings. The highest BCUT2D eigenvalue weighted by atomic mass is 35.5. The van der Waals surface area contributed by atoms with Gasteiger partial charge in [0.05, 0.1) is 6.04 Å². The maximum Gasteiger partial charge on any atom is 0.241 e. The van der Waals surface area contributed by atoms with Gasteiger partial charge in [-0.1, -0.05) is 46.2 Å². The van der Waals surface area contributed by atoms with Crippen LogP contribution in [0, 0.1) is 5.92 Å². The summed E-state index contributed by atoms with van der Waals surface area (Å²) in [5, 5.41) is 2.86. The molecular weight excluding hydrogens is 260 g/mol. The SMILES string of the molecule is CCC(C)C(N)C(=O)Nc1ccc(C(C)C)cc1.Cl. The first-order valence-electron chi connectivity index (χ1n) is 6.62. The van der Waals surface area contributed by atoms with Crippen LogP contribution >= 0.6 is 12.4 Å². The van der Waals surface area contributed by atoms with Crippen molar-refractivity contribution in [3.63, 3.8) is 0 Å². The van der Waals surface area contributed by atoms with Gasteiger partial charge in [0, 0.05) is 5.69 Å². The van der Waals surface area contributed by atoms with Crippen LogP contribution in [-0.4, -0.2) is 11.9 Å². The minimum Gasteiger partial charge on any atom is -0.325 e. The summed E-state index contributed by atoms with van der Waals surface area (Å²) in [6.45, 7) is 8.32. The maximum absolute atomic E-state index is 11.9. The summed E-state index contributed by atoms with van der Waals surface area (Å²) in [6, 6.07) is 7.48. The zero-order valence-electron chi connectivity index (χ0n) is 12.1. The summed E-state index contributed by atoms with van der Waals surface area (Å²) in [7, 11) is 0. The van der Waals surface area contributed by atoms with Crippen molar-refractivity contribution in [1.82, 2.24) is 0 Å². The van der Waals surface area contributed by atoms with Crippen molar-refractivity contribution in [2.75, 3.05) is 5.32 Å². The van der Waals surface area contributed by atoms with Gasteiger partial charge in [-0.3, -0.25) is 4.79 Å². The van der Waals surface area contributed by atoms with E-state index in [1.54, 1.807) is 0 Å². The van der Waals surface area contributed by atoms with Gasteiger partial charge in [-0.05, 0) is 29.5 Å². The van der Waals surface area contributed by atoms with Crippen LogP contribution in [-0.2, 0) is 4.79 Å². The van der Waals surface area contributed by atoms with Gasteiger partial charge in [-0.2, -0.15) is 0 Å². The standard InChI is InChI=1S/C15H24N2O.ClH/c1-5-11(4)14(16)15(18)17-13-8-6-12(7-9-13)10(2)3;/h6-11,14H,5,16H2,1-4H3,(H,17,18);1H. The molecule has 3 nitrogen and oxygen atoms in total. The zero-order chi connectivity index (χ0) is 13.7. The second-order valence-corrected chi connectivity index (χ2v) is 5.18. The third kappa shape index (κ3) is 5.21. The first kappa shape index (κ1) is 17.9. The molecule has 0 saturated heterocycles. The highest BCUT2D eigenvalue weighted by Crippen LogP contribution is 2.17. The smallest absolute Gasteiger partial charge is 0.241 e. The van der Waals surface area contributed by atoms with Gasteiger partial charge in [-0.15, -0.1) is 12.4 Å². The molecule has 2 unspecified atom stereocenters. The molecular formula is C15H25ClN2O. The van der Waals surface area contributed by atoms with Crippen molar-refractivity contribution in [3.8, 4) is 0 Å². The average Bonchev–Trinajstić information content (AvgIpc) is 2.37. The summed E-state index contributed by atoms with van der Waals surface area (Å²) in [5.74, 6) is 0.582. The minimum absolute atomic E-state index is 0. The second-order valence-electron chi connectivity index (χ2n) is 5.18. The predicted octanol–water partition coefficient (Wildman–Crippen LogP) is 3.54. The van der Waals surface area contributed by atoms with E-state index < -0.39 is 6.04 Å². The Morgan fingerprint density at radius 1 is 1.21 bits per heavy atom. The van der Waals surface area contributed by atoms with Crippen LogP contribution in [0.5, 0.6) is 0 Å². The topological polar surface area (TPSA) is 55.1 Å². The number of nitrogens with one attached hydrogen (secondary N) is 1. The van der Waals surface area contributed by atoms with Gasteiger partial charge in [0.1, 0.15) is 0 Å². The lowest BCUT2D eigenvalue weighted by atomic mass is 9.99. The van der Waals surface area contributed by atoms with Crippen molar-refractivity contribution < 1.29 is 4.79 Å². The van der Waals surface area contributed by atoms with Crippen LogP contribution in [0.3, 0.4) is 0 Å². The van der Waals surface area contributed by atoms with Gasteiger partial charge < -0.3 is 11.1 Å². The Kier molecular flexibility index (Phi) is 7.72. The number of anilines is 1. The highest BCUT2D eigenvalue weighted by Gasteiger charge is 2.19. The summed E-state index contributed by atoms with van der Waals surface area (Å²) in [5.41, 5.74) is 7.96. The van der Waals surface area contributed by atoms with Gasteiger partial charge >= 0.3 is 0 Å². The average molecular weight is 285 g/mol. The number of carbonyl (C=O) groups excluding carboxylic acids is 1. The summed E-state index contributed by atoms with van der Waals surface area (Å²) in [4.78, 5) is 11.9. The molecule has 0 bridgehead atoms. The number of nitrogens with two attached hydrogens (primary N) is 1. The van der Waals surface area contributed by atoms with Crippen LogP contribution in [0.2, 0.25) is 0 Å². The van der Waals surface area contributed by atoms with Crippen molar-refractivity contribution in [2.45, 2.75) is 46.1 Å². The van der Waals surface area contributed by atoms with E-state index in [2.05, 4.69) is 19.2 Å². The Bertz CT molecular complexity index is 390. The van der Waals surface area contributed by atoms with Crippen molar-refractivity contribution in [1.29, 1.82) is 0 Å². The van der Waals surface area contributed by atoms with Crippen LogP contribution < -0.4 is 11.1 Å². The fourth-order valence-electron chi connectivity index (χ4n) is 1.69. The monoisotopic (exact) mass is 284 g/mol. The predicted molar refractivity (Wildman–Crippen MR) is 83.8 cm³/mol. The van der Waals surface area contributed by atoms with E-state index in [1.807, 2.05) is 38.1 Å². The summed E-state index contributed by atoms with van der Waals surface area (Å²) in [6.07, 6.45) is 0.904. The van der Waals surface area contributed by atoms with Crippen LogP contribution in [0.1, 0.15) is 45.6 Å². The van der Waals surface area contributed by atoms with Gasteiger partial charge in [0.15, 0.2) is 0 Å². The Balaban J connectivity index is 0.00000324. The molecule has 1 amide bonds. The Hall–Kier alpha value is -1.06. The Labute approximate surface area is 122 Å². The number of rotatable bonds is 5. The highest BCUT2D eigenvalue weighted by molar-refractivity contribution is 5.94. The number of carbonyl (C=O) groups is 1. The van der Waals surface area contributed by atoms with E-state index in [4.69, 9.17) is 5.73 Å². The van der Waals surface area contributed by atoms with Crippen molar-refractivity contribution in [2.24, 2.45) is 11.7 Å². The first-order chi connectivity index (χ1) is 8.45. The molecule has 0 aliphatic rings. The van der Waals surface area contributed by atoms with Crippen LogP contribution in [0.4, 0.5) is 5.69 Å². The second kappa shape index (κ2) is 8.18. The lowest BCUT2D eigenvalue weighted by molar-refractivity contribution is -0.118. The van der Waals surface area contributed by atoms with Gasteiger partial charge in [0.25, 0.3) is 0 Å². The molecule has 0 heterocycles. The molecule has 0 fully saturated rings. The normalized spacial score (nSPS) is 13.6. The van der Waals surface area contributed by atoms with Crippen LogP contribution in [0.25, 0.3) is 0 Å². The molecule has 0 spiro atoms. The lowest BCUT2D eigenvalue weighted by Crippen LogP contribution is -2.40. The first-order valence-corrected chi connectivity index (χ1v) is 6.62. The summed E-state index contributed by atoms with van der Waals surface area (Å²) >= 11 is 0. The van der Waals surface area contributed by atoms with E-state index in [0.717, 1.165) is 12.1 Å². The van der Waals surface area contributed by atoms with Crippen LogP contribution in [0.15, 0.2) is 24.3 Å². The fraction of sp³-hybridized carbons (Fsp3) is 0.533. The number of benzene rings is 1. The zero-order valence-corrected chi connectivity index (χ0v) is 13.0. The third-order valence-electron chi connectivity index (χ3n) is 3.40. The van der Waals surface area contributed by atoms with Crippen molar-refractivity contribution in [3.05, 3.63) is 29.8 Å². The quantitative estimate of drug-likeness (QED) is 0.869. The number of halogens is 1. The van der Waals surface area contributed by atoms with Gasteiger partial charge in [-0.25, -0.2) is 0 Å². The molecule has 1 aromatic carbocycles. The van der Waals surface area contributed by atoms with E-state index in [1.165, 1.54) is 5.56 Å². The molecule has 108 valence electrons. The molecule has 4 heteroatoms. The summed E-state index contributed by atoms with van der Waals surface area (Å²) < 4.78 is 0. The minimum atomic E-state index is -0.445. The molecule has 3 N–H and O–H groups in total. The molecule has 0 saturated carbocycles. The Morgan fingerprint density at radius 3 is 2.16 bits per heavy atom. The molecule has 0 aromatic heterocycles. The molecule has 19 heavy (non-hydrogen) atoms. The number of hydrogen-bond acceptors (Lipinski definition) is 2. The third-order valence-corrected chi connectivity index (χ3v) is 3.40. The molecule has 0 aliphatic heterocycles. The maximum atomic E-state index is 11.9. The molecule has 2 atom stereocenters. The van der Waals surface area contributed by atoms with E-state index in [9.17, 15) is 4.79 Å². The van der Waals surface area contributed by atoms with E-state index in [0.29, 0.717) is 5.92 Å². The number of hydrogen-bond donors (Lipinski definition) is 2. The number of amides is 1. The van der Waals surface area contributed by atoms with Gasteiger partial charge in [0.2, 0.25) is 5.91 Å². The van der Waals surface area contributed by atoms with E-state index >= 15 is 0 Å².